The molecule has 0 aromatic heterocycles. The molecular weight excluding hydrogens is 305 g/mol. The summed E-state index contributed by atoms with van der Waals surface area (Å²) in [7, 11) is 0. The van der Waals surface area contributed by atoms with Crippen molar-refractivity contribution in [2.75, 3.05) is 0 Å². The molecule has 0 bridgehead atoms. The van der Waals surface area contributed by atoms with Crippen LogP contribution in [-0.4, -0.2) is 0 Å². The zero-order valence-corrected chi connectivity index (χ0v) is 12.8. The van der Waals surface area contributed by atoms with Gasteiger partial charge in [-0.1, -0.05) is 29.3 Å². The molecule has 0 saturated heterocycles. The van der Waals surface area contributed by atoms with Gasteiger partial charge in [-0.3, -0.25) is 0 Å². The highest BCUT2D eigenvalue weighted by molar-refractivity contribution is 9.10. The van der Waals surface area contributed by atoms with Crippen LogP contribution in [0.5, 0.6) is 0 Å². The van der Waals surface area contributed by atoms with Gasteiger partial charge in [0.1, 0.15) is 5.82 Å². The maximum absolute atomic E-state index is 13.4. The predicted octanol–water partition coefficient (Wildman–Crippen LogP) is 5.24. The van der Waals surface area contributed by atoms with Crippen LogP contribution in [0.1, 0.15) is 44.6 Å². The molecular formula is C16H19BrFN. The number of benzene rings is 1. The SMILES string of the molecule is CCC1CCC(C#N)(Cc2cc(F)cc(Br)c2)CC1. The van der Waals surface area contributed by atoms with Crippen LogP contribution in [0.2, 0.25) is 0 Å². The van der Waals surface area contributed by atoms with Crippen molar-refractivity contribution in [2.45, 2.75) is 45.4 Å². The molecule has 102 valence electrons. The lowest BCUT2D eigenvalue weighted by molar-refractivity contribution is 0.205. The van der Waals surface area contributed by atoms with Crippen molar-refractivity contribution in [3.63, 3.8) is 0 Å². The molecule has 0 radical (unpaired) electrons. The summed E-state index contributed by atoms with van der Waals surface area (Å²) in [5.74, 6) is 0.528. The molecule has 0 atom stereocenters. The van der Waals surface area contributed by atoms with Crippen LogP contribution in [0, 0.1) is 28.5 Å². The molecule has 1 aromatic carbocycles. The van der Waals surface area contributed by atoms with Gasteiger partial charge in [-0.2, -0.15) is 5.26 Å². The van der Waals surface area contributed by atoms with Crippen LogP contribution >= 0.6 is 15.9 Å². The Kier molecular flexibility index (Phi) is 4.62. The number of hydrogen-bond acceptors (Lipinski definition) is 1. The van der Waals surface area contributed by atoms with Crippen molar-refractivity contribution in [2.24, 2.45) is 11.3 Å². The fourth-order valence-electron chi connectivity index (χ4n) is 3.07. The molecule has 3 heteroatoms. The quantitative estimate of drug-likeness (QED) is 0.746. The first kappa shape index (κ1) is 14.5. The van der Waals surface area contributed by atoms with E-state index >= 15 is 0 Å². The van der Waals surface area contributed by atoms with Gasteiger partial charge in [-0.25, -0.2) is 4.39 Å². The van der Waals surface area contributed by atoms with Gasteiger partial charge >= 0.3 is 0 Å². The van der Waals surface area contributed by atoms with Crippen molar-refractivity contribution in [1.29, 1.82) is 5.26 Å². The van der Waals surface area contributed by atoms with Crippen LogP contribution < -0.4 is 0 Å². The predicted molar refractivity (Wildman–Crippen MR) is 78.1 cm³/mol. The lowest BCUT2D eigenvalue weighted by Crippen LogP contribution is -2.28. The Balaban J connectivity index is 2.13. The number of rotatable bonds is 3. The van der Waals surface area contributed by atoms with E-state index < -0.39 is 0 Å². The van der Waals surface area contributed by atoms with Crippen molar-refractivity contribution in [3.05, 3.63) is 34.1 Å². The van der Waals surface area contributed by atoms with E-state index in [-0.39, 0.29) is 11.2 Å². The van der Waals surface area contributed by atoms with Crippen molar-refractivity contribution in [3.8, 4) is 6.07 Å². The number of halogens is 2. The molecule has 0 amide bonds. The van der Waals surface area contributed by atoms with Crippen LogP contribution in [0.15, 0.2) is 22.7 Å². The highest BCUT2D eigenvalue weighted by Gasteiger charge is 2.35. The second-order valence-corrected chi connectivity index (χ2v) is 6.61. The minimum absolute atomic E-state index is 0.236. The summed E-state index contributed by atoms with van der Waals surface area (Å²) >= 11 is 3.32. The average Bonchev–Trinajstić information content (AvgIpc) is 2.38. The number of nitrogens with zero attached hydrogens (tertiary/aromatic N) is 1. The van der Waals surface area contributed by atoms with Gasteiger partial charge in [-0.15, -0.1) is 0 Å². The number of nitriles is 1. The summed E-state index contributed by atoms with van der Waals surface area (Å²) < 4.78 is 14.2. The Hall–Kier alpha value is -0.880. The fourth-order valence-corrected chi connectivity index (χ4v) is 3.58. The van der Waals surface area contributed by atoms with Crippen molar-refractivity contribution >= 4 is 15.9 Å². The maximum Gasteiger partial charge on any atom is 0.124 e. The summed E-state index contributed by atoms with van der Waals surface area (Å²) in [5.41, 5.74) is 0.627. The third-order valence-corrected chi connectivity index (χ3v) is 4.80. The molecule has 1 aromatic rings. The lowest BCUT2D eigenvalue weighted by atomic mass is 9.68. The molecule has 1 saturated carbocycles. The highest BCUT2D eigenvalue weighted by Crippen LogP contribution is 2.42. The van der Waals surface area contributed by atoms with E-state index in [0.29, 0.717) is 6.42 Å². The Bertz CT molecular complexity index is 464. The van der Waals surface area contributed by atoms with E-state index in [1.165, 1.54) is 12.5 Å². The molecule has 0 heterocycles. The first-order valence-electron chi connectivity index (χ1n) is 6.93. The van der Waals surface area contributed by atoms with Gasteiger partial charge < -0.3 is 0 Å². The Morgan fingerprint density at radius 1 is 1.37 bits per heavy atom. The van der Waals surface area contributed by atoms with Gasteiger partial charge in [0.05, 0.1) is 11.5 Å². The molecule has 0 aliphatic heterocycles. The summed E-state index contributed by atoms with van der Waals surface area (Å²) in [6, 6.07) is 7.44. The summed E-state index contributed by atoms with van der Waals surface area (Å²) in [6.45, 7) is 2.22. The molecule has 0 unspecified atom stereocenters. The zero-order chi connectivity index (χ0) is 13.9. The highest BCUT2D eigenvalue weighted by atomic mass is 79.9. The first-order valence-corrected chi connectivity index (χ1v) is 7.72. The minimum Gasteiger partial charge on any atom is -0.207 e. The van der Waals surface area contributed by atoms with E-state index in [1.54, 1.807) is 6.07 Å². The van der Waals surface area contributed by atoms with Crippen LogP contribution in [-0.2, 0) is 6.42 Å². The molecule has 1 nitrogen and oxygen atoms in total. The second kappa shape index (κ2) is 6.05. The van der Waals surface area contributed by atoms with E-state index in [0.717, 1.165) is 41.6 Å². The van der Waals surface area contributed by atoms with Gasteiger partial charge in [0.15, 0.2) is 0 Å². The van der Waals surface area contributed by atoms with E-state index in [9.17, 15) is 9.65 Å². The maximum atomic E-state index is 13.4. The van der Waals surface area contributed by atoms with E-state index in [4.69, 9.17) is 0 Å². The normalized spacial score (nSPS) is 26.9. The Labute approximate surface area is 123 Å². The van der Waals surface area contributed by atoms with Crippen LogP contribution in [0.25, 0.3) is 0 Å². The van der Waals surface area contributed by atoms with Crippen LogP contribution in [0.4, 0.5) is 4.39 Å². The third-order valence-electron chi connectivity index (χ3n) is 4.34. The van der Waals surface area contributed by atoms with E-state index in [2.05, 4.69) is 28.9 Å². The zero-order valence-electron chi connectivity index (χ0n) is 11.3. The van der Waals surface area contributed by atoms with Crippen molar-refractivity contribution in [1.82, 2.24) is 0 Å². The lowest BCUT2D eigenvalue weighted by Gasteiger charge is -2.34. The summed E-state index contributed by atoms with van der Waals surface area (Å²) in [6.07, 6.45) is 6.00. The van der Waals surface area contributed by atoms with Gasteiger partial charge in [-0.05, 0) is 61.8 Å². The molecule has 19 heavy (non-hydrogen) atoms. The van der Waals surface area contributed by atoms with Gasteiger partial charge in [0.2, 0.25) is 0 Å². The topological polar surface area (TPSA) is 23.8 Å². The Morgan fingerprint density at radius 2 is 2.05 bits per heavy atom. The fraction of sp³-hybridized carbons (Fsp3) is 0.562. The standard InChI is InChI=1S/C16H19BrFN/c1-2-12-3-5-16(11-19,6-4-12)10-13-7-14(17)9-15(18)8-13/h7-9,12H,2-6,10H2,1H3. The summed E-state index contributed by atoms with van der Waals surface area (Å²) in [4.78, 5) is 0. The Morgan fingerprint density at radius 3 is 2.58 bits per heavy atom. The average molecular weight is 324 g/mol. The monoisotopic (exact) mass is 323 g/mol. The van der Waals surface area contributed by atoms with E-state index in [1.807, 2.05) is 6.07 Å². The largest absolute Gasteiger partial charge is 0.207 e. The summed E-state index contributed by atoms with van der Waals surface area (Å²) in [5, 5.41) is 9.54. The third kappa shape index (κ3) is 3.57. The van der Waals surface area contributed by atoms with Crippen LogP contribution in [0.3, 0.4) is 0 Å². The molecule has 1 fully saturated rings. The minimum atomic E-state index is -0.293. The molecule has 1 aliphatic carbocycles. The smallest absolute Gasteiger partial charge is 0.124 e. The first-order chi connectivity index (χ1) is 9.07. The van der Waals surface area contributed by atoms with Gasteiger partial charge in [0.25, 0.3) is 0 Å². The van der Waals surface area contributed by atoms with Gasteiger partial charge in [0, 0.05) is 4.47 Å². The van der Waals surface area contributed by atoms with Crippen molar-refractivity contribution < 1.29 is 4.39 Å². The molecule has 0 N–H and O–H groups in total. The second-order valence-electron chi connectivity index (χ2n) is 5.70. The molecule has 2 rings (SSSR count). The molecule has 1 aliphatic rings. The molecule has 0 spiro atoms. The number of hydrogen-bond donors (Lipinski definition) is 0.